The number of nitrogens with one attached hydrogen (secondary N) is 2. The Morgan fingerprint density at radius 3 is 2.39 bits per heavy atom. The molecule has 0 aliphatic rings. The van der Waals surface area contributed by atoms with Crippen LogP contribution in [0.15, 0.2) is 29.3 Å². The Kier molecular flexibility index (Phi) is 7.07. The summed E-state index contributed by atoms with van der Waals surface area (Å²) >= 11 is 0. The molecule has 23 heavy (non-hydrogen) atoms. The van der Waals surface area contributed by atoms with Gasteiger partial charge in [0.05, 0.1) is 12.0 Å². The summed E-state index contributed by atoms with van der Waals surface area (Å²) < 4.78 is 0. The summed E-state index contributed by atoms with van der Waals surface area (Å²) in [6, 6.07) is 8.56. The number of primary amides is 1. The summed E-state index contributed by atoms with van der Waals surface area (Å²) in [5, 5.41) is 6.53. The van der Waals surface area contributed by atoms with Gasteiger partial charge in [-0.15, -0.1) is 0 Å². The van der Waals surface area contributed by atoms with Gasteiger partial charge in [0.15, 0.2) is 5.96 Å². The van der Waals surface area contributed by atoms with E-state index in [1.807, 2.05) is 6.92 Å². The molecule has 0 radical (unpaired) electrons. The van der Waals surface area contributed by atoms with Crippen molar-refractivity contribution in [3.63, 3.8) is 0 Å². The number of guanidine groups is 1. The van der Waals surface area contributed by atoms with Crippen LogP contribution >= 0.6 is 0 Å². The molecule has 5 heteroatoms. The molecule has 0 saturated carbocycles. The maximum absolute atomic E-state index is 11.4. The molecule has 0 aromatic heterocycles. The quantitative estimate of drug-likeness (QED) is 0.532. The molecular weight excluding hydrogens is 288 g/mol. The van der Waals surface area contributed by atoms with Crippen molar-refractivity contribution in [1.82, 2.24) is 10.6 Å². The normalized spacial score (nSPS) is 13.5. The van der Waals surface area contributed by atoms with Crippen LogP contribution in [0.5, 0.6) is 0 Å². The van der Waals surface area contributed by atoms with Gasteiger partial charge >= 0.3 is 0 Å². The zero-order valence-corrected chi connectivity index (χ0v) is 14.9. The Labute approximate surface area is 139 Å². The lowest BCUT2D eigenvalue weighted by atomic mass is 9.93. The van der Waals surface area contributed by atoms with Crippen LogP contribution < -0.4 is 16.4 Å². The smallest absolute Gasteiger partial charge is 0.224 e. The number of aryl methyl sites for hydroxylation is 1. The van der Waals surface area contributed by atoms with Gasteiger partial charge in [0.25, 0.3) is 0 Å². The third-order valence-electron chi connectivity index (χ3n) is 3.87. The number of aliphatic imine (C=N–C) groups is 1. The standard InChI is InChI=1S/C18H30N4O/c1-6-20-17(22-12-18(4,5)16(19)23)21-11-14(3)15-9-7-13(2)8-10-15/h7-10,14H,6,11-12H2,1-5H3,(H2,19,23)(H2,20,21,22). The van der Waals surface area contributed by atoms with Gasteiger partial charge in [0.1, 0.15) is 0 Å². The first-order valence-corrected chi connectivity index (χ1v) is 8.15. The predicted octanol–water partition coefficient (Wildman–Crippen LogP) is 2.17. The molecule has 1 aromatic rings. The fourth-order valence-corrected chi connectivity index (χ4v) is 1.96. The summed E-state index contributed by atoms with van der Waals surface area (Å²) in [7, 11) is 0. The van der Waals surface area contributed by atoms with Crippen molar-refractivity contribution >= 4 is 11.9 Å². The number of carbonyl (C=O) groups excluding carboxylic acids is 1. The van der Waals surface area contributed by atoms with E-state index < -0.39 is 5.41 Å². The van der Waals surface area contributed by atoms with Gasteiger partial charge in [-0.3, -0.25) is 9.79 Å². The molecule has 1 rings (SSSR count). The van der Waals surface area contributed by atoms with Gasteiger partial charge in [-0.05, 0) is 39.2 Å². The molecule has 1 aromatic carbocycles. The van der Waals surface area contributed by atoms with Gasteiger partial charge in [0.2, 0.25) is 5.91 Å². The second kappa shape index (κ2) is 8.56. The molecule has 0 spiro atoms. The Morgan fingerprint density at radius 1 is 1.26 bits per heavy atom. The first-order valence-electron chi connectivity index (χ1n) is 8.15. The number of hydrogen-bond acceptors (Lipinski definition) is 2. The molecule has 0 aliphatic heterocycles. The molecule has 0 bridgehead atoms. The Balaban J connectivity index is 2.65. The van der Waals surface area contributed by atoms with E-state index >= 15 is 0 Å². The maximum atomic E-state index is 11.4. The van der Waals surface area contributed by atoms with Crippen LogP contribution in [-0.2, 0) is 4.79 Å². The van der Waals surface area contributed by atoms with Crippen molar-refractivity contribution in [2.45, 2.75) is 40.5 Å². The summed E-state index contributed by atoms with van der Waals surface area (Å²) in [5.41, 5.74) is 7.29. The van der Waals surface area contributed by atoms with Crippen molar-refractivity contribution in [3.05, 3.63) is 35.4 Å². The molecule has 128 valence electrons. The van der Waals surface area contributed by atoms with Crippen molar-refractivity contribution in [2.75, 3.05) is 19.6 Å². The van der Waals surface area contributed by atoms with Crippen LogP contribution in [0.2, 0.25) is 0 Å². The van der Waals surface area contributed by atoms with Crippen LogP contribution in [0.3, 0.4) is 0 Å². The number of hydrogen-bond donors (Lipinski definition) is 3. The predicted molar refractivity (Wildman–Crippen MR) is 96.6 cm³/mol. The number of nitrogens with two attached hydrogens (primary N) is 1. The lowest BCUT2D eigenvalue weighted by Gasteiger charge is -2.20. The molecule has 1 atom stereocenters. The first-order chi connectivity index (χ1) is 10.8. The van der Waals surface area contributed by atoms with Crippen molar-refractivity contribution in [3.8, 4) is 0 Å². The van der Waals surface area contributed by atoms with E-state index in [1.165, 1.54) is 11.1 Å². The Hall–Kier alpha value is -2.04. The van der Waals surface area contributed by atoms with E-state index in [2.05, 4.69) is 53.7 Å². The van der Waals surface area contributed by atoms with E-state index in [1.54, 1.807) is 13.8 Å². The molecule has 0 fully saturated rings. The SMILES string of the molecule is CCNC(=NCC(C)(C)C(N)=O)NCC(C)c1ccc(C)cc1. The average molecular weight is 318 g/mol. The summed E-state index contributed by atoms with van der Waals surface area (Å²) in [6.07, 6.45) is 0. The van der Waals surface area contributed by atoms with Crippen molar-refractivity contribution in [2.24, 2.45) is 16.1 Å². The van der Waals surface area contributed by atoms with E-state index in [0.717, 1.165) is 13.1 Å². The maximum Gasteiger partial charge on any atom is 0.224 e. The fourth-order valence-electron chi connectivity index (χ4n) is 1.96. The molecule has 1 amide bonds. The molecule has 0 heterocycles. The summed E-state index contributed by atoms with van der Waals surface area (Å²) in [5.74, 6) is 0.731. The third-order valence-corrected chi connectivity index (χ3v) is 3.87. The highest BCUT2D eigenvalue weighted by molar-refractivity contribution is 5.82. The van der Waals surface area contributed by atoms with Crippen LogP contribution in [0.4, 0.5) is 0 Å². The minimum atomic E-state index is -0.648. The molecule has 1 unspecified atom stereocenters. The van der Waals surface area contributed by atoms with E-state index in [4.69, 9.17) is 5.73 Å². The van der Waals surface area contributed by atoms with Crippen LogP contribution in [0.25, 0.3) is 0 Å². The fraction of sp³-hybridized carbons (Fsp3) is 0.556. The first kappa shape index (κ1) is 19.0. The van der Waals surface area contributed by atoms with Gasteiger partial charge in [-0.2, -0.15) is 0 Å². The van der Waals surface area contributed by atoms with Gasteiger partial charge in [-0.1, -0.05) is 36.8 Å². The summed E-state index contributed by atoms with van der Waals surface area (Å²) in [4.78, 5) is 15.9. The number of amides is 1. The van der Waals surface area contributed by atoms with E-state index in [0.29, 0.717) is 18.4 Å². The van der Waals surface area contributed by atoms with Crippen LogP contribution in [0, 0.1) is 12.3 Å². The molecule has 4 N–H and O–H groups in total. The number of benzene rings is 1. The minimum absolute atomic E-state index is 0.342. The topological polar surface area (TPSA) is 79.5 Å². The lowest BCUT2D eigenvalue weighted by Crippen LogP contribution is -2.41. The largest absolute Gasteiger partial charge is 0.369 e. The van der Waals surface area contributed by atoms with Crippen LogP contribution in [-0.4, -0.2) is 31.5 Å². The van der Waals surface area contributed by atoms with E-state index in [-0.39, 0.29) is 5.91 Å². The van der Waals surface area contributed by atoms with Crippen molar-refractivity contribution < 1.29 is 4.79 Å². The number of rotatable bonds is 7. The minimum Gasteiger partial charge on any atom is -0.369 e. The highest BCUT2D eigenvalue weighted by Gasteiger charge is 2.24. The van der Waals surface area contributed by atoms with Gasteiger partial charge in [-0.25, -0.2) is 0 Å². The highest BCUT2D eigenvalue weighted by Crippen LogP contribution is 2.15. The molecule has 5 nitrogen and oxygen atoms in total. The number of nitrogens with zero attached hydrogens (tertiary/aromatic N) is 1. The highest BCUT2D eigenvalue weighted by atomic mass is 16.1. The second-order valence-corrected chi connectivity index (χ2v) is 6.64. The Bertz CT molecular complexity index is 534. The second-order valence-electron chi connectivity index (χ2n) is 6.64. The average Bonchev–Trinajstić information content (AvgIpc) is 2.50. The Morgan fingerprint density at radius 2 is 1.87 bits per heavy atom. The molecule has 0 aliphatic carbocycles. The van der Waals surface area contributed by atoms with Crippen LogP contribution in [0.1, 0.15) is 44.7 Å². The summed E-state index contributed by atoms with van der Waals surface area (Å²) in [6.45, 7) is 11.8. The molecular formula is C18H30N4O. The van der Waals surface area contributed by atoms with Crippen molar-refractivity contribution in [1.29, 1.82) is 0 Å². The third kappa shape index (κ3) is 6.30. The van der Waals surface area contributed by atoms with Gasteiger partial charge in [0, 0.05) is 13.1 Å². The number of carbonyl (C=O) groups is 1. The monoisotopic (exact) mass is 318 g/mol. The van der Waals surface area contributed by atoms with Gasteiger partial charge < -0.3 is 16.4 Å². The molecule has 0 saturated heterocycles. The van der Waals surface area contributed by atoms with E-state index in [9.17, 15) is 4.79 Å². The zero-order chi connectivity index (χ0) is 17.5. The lowest BCUT2D eigenvalue weighted by molar-refractivity contribution is -0.125. The zero-order valence-electron chi connectivity index (χ0n) is 14.9.